The molecular weight excluding hydrogens is 512 g/mol. The minimum absolute atomic E-state index is 0.143. The van der Waals surface area contributed by atoms with Gasteiger partial charge < -0.3 is 25.0 Å². The molecule has 2 amide bonds. The summed E-state index contributed by atoms with van der Waals surface area (Å²) in [6, 6.07) is 10.7. The molecule has 3 aromatic rings. The zero-order chi connectivity index (χ0) is 28.3. The van der Waals surface area contributed by atoms with Crippen molar-refractivity contribution in [1.82, 2.24) is 14.9 Å². The van der Waals surface area contributed by atoms with Gasteiger partial charge in [-0.3, -0.25) is 9.59 Å². The van der Waals surface area contributed by atoms with Gasteiger partial charge in [0.15, 0.2) is 6.29 Å². The second kappa shape index (κ2) is 11.3. The van der Waals surface area contributed by atoms with Crippen LogP contribution < -0.4 is 10.2 Å². The Balaban J connectivity index is 1.41. The summed E-state index contributed by atoms with van der Waals surface area (Å²) in [4.78, 5) is 49.9. The fourth-order valence-electron chi connectivity index (χ4n) is 5.04. The highest BCUT2D eigenvalue weighted by Crippen LogP contribution is 2.30. The number of piperidine rings is 1. The van der Waals surface area contributed by atoms with E-state index in [4.69, 9.17) is 4.74 Å². The molecule has 0 saturated carbocycles. The van der Waals surface area contributed by atoms with E-state index in [1.807, 2.05) is 4.90 Å². The van der Waals surface area contributed by atoms with Crippen LogP contribution in [0.1, 0.15) is 64.6 Å². The smallest absolute Gasteiger partial charge is 0.410 e. The van der Waals surface area contributed by atoms with Crippen LogP contribution >= 0.6 is 0 Å². The first-order valence-electron chi connectivity index (χ1n) is 13.3. The van der Waals surface area contributed by atoms with Crippen molar-refractivity contribution in [2.24, 2.45) is 0 Å². The van der Waals surface area contributed by atoms with E-state index in [1.165, 1.54) is 6.20 Å². The fourth-order valence-corrected chi connectivity index (χ4v) is 5.04. The highest BCUT2D eigenvalue weighted by molar-refractivity contribution is 6.12. The fraction of sp³-hybridized carbons (Fsp3) is 0.379. The Kier molecular flexibility index (Phi) is 7.62. The highest BCUT2D eigenvalue weighted by Gasteiger charge is 2.29. The van der Waals surface area contributed by atoms with E-state index < -0.39 is 17.6 Å². The van der Waals surface area contributed by atoms with Gasteiger partial charge in [-0.25, -0.2) is 14.8 Å². The molecule has 0 atom stereocenters. The van der Waals surface area contributed by atoms with Crippen LogP contribution in [0.15, 0.2) is 36.5 Å². The van der Waals surface area contributed by atoms with Gasteiger partial charge in [-0.05, 0) is 44.7 Å². The van der Waals surface area contributed by atoms with Crippen LogP contribution in [0.4, 0.5) is 16.3 Å². The maximum Gasteiger partial charge on any atom is 0.410 e. The number of anilines is 2. The Bertz CT molecular complexity index is 1500. The van der Waals surface area contributed by atoms with Crippen molar-refractivity contribution in [3.05, 3.63) is 58.9 Å². The quantitative estimate of drug-likeness (QED) is 0.445. The van der Waals surface area contributed by atoms with Crippen LogP contribution in [0, 0.1) is 11.3 Å². The van der Waals surface area contributed by atoms with Crippen LogP contribution in [0.2, 0.25) is 0 Å². The SMILES string of the molecule is CC1(O)CCN(c2cc(NC(=O)c3cccc4cc(CN5CCCCOC5=O)c(C=O)nc34)ncc2C#N)CC1. The van der Waals surface area contributed by atoms with Gasteiger partial charge >= 0.3 is 6.09 Å². The number of rotatable bonds is 6. The molecule has 1 aromatic carbocycles. The molecule has 2 fully saturated rings. The number of pyridine rings is 2. The van der Waals surface area contributed by atoms with Crippen molar-refractivity contribution < 1.29 is 24.2 Å². The summed E-state index contributed by atoms with van der Waals surface area (Å²) in [5, 5.41) is 23.3. The van der Waals surface area contributed by atoms with E-state index in [9.17, 15) is 24.8 Å². The summed E-state index contributed by atoms with van der Waals surface area (Å²) < 4.78 is 5.21. The van der Waals surface area contributed by atoms with E-state index in [-0.39, 0.29) is 23.6 Å². The standard InChI is InChI=1S/C29H30N6O5/c1-29(39)7-10-34(11-8-29)24-14-25(31-16-21(24)15-30)33-27(37)22-6-4-5-19-13-20(23(18-36)32-26(19)22)17-35-9-2-3-12-40-28(35)38/h4-6,13-14,16,18,39H,2-3,7-12,17H2,1H3,(H,31,33,37). The lowest BCUT2D eigenvalue weighted by Crippen LogP contribution is -2.42. The molecule has 2 aliphatic heterocycles. The van der Waals surface area contributed by atoms with E-state index in [1.54, 1.807) is 42.2 Å². The number of nitriles is 1. The minimum Gasteiger partial charge on any atom is -0.449 e. The van der Waals surface area contributed by atoms with Gasteiger partial charge in [0.1, 0.15) is 17.6 Å². The van der Waals surface area contributed by atoms with Gasteiger partial charge in [-0.2, -0.15) is 5.26 Å². The second-order valence-corrected chi connectivity index (χ2v) is 10.4. The van der Waals surface area contributed by atoms with Gasteiger partial charge in [0.2, 0.25) is 0 Å². The van der Waals surface area contributed by atoms with Crippen molar-refractivity contribution in [1.29, 1.82) is 5.26 Å². The van der Waals surface area contributed by atoms with Crippen molar-refractivity contribution in [2.75, 3.05) is 36.5 Å². The number of carbonyl (C=O) groups excluding carboxylic acids is 3. The summed E-state index contributed by atoms with van der Waals surface area (Å²) >= 11 is 0. The van der Waals surface area contributed by atoms with Crippen molar-refractivity contribution in [3.63, 3.8) is 0 Å². The molecule has 5 rings (SSSR count). The molecule has 2 N–H and O–H groups in total. The average molecular weight is 543 g/mol. The lowest BCUT2D eigenvalue weighted by molar-refractivity contribution is 0.0351. The van der Waals surface area contributed by atoms with Crippen LogP contribution in [-0.4, -0.2) is 70.1 Å². The molecule has 206 valence electrons. The van der Waals surface area contributed by atoms with Crippen LogP contribution in [0.25, 0.3) is 10.9 Å². The molecule has 0 radical (unpaired) electrons. The Morgan fingerprint density at radius 1 is 1.25 bits per heavy atom. The molecule has 0 bridgehead atoms. The highest BCUT2D eigenvalue weighted by atomic mass is 16.6. The first-order valence-corrected chi connectivity index (χ1v) is 13.3. The Morgan fingerprint density at radius 3 is 2.80 bits per heavy atom. The van der Waals surface area contributed by atoms with Gasteiger partial charge in [0.05, 0.1) is 41.1 Å². The number of nitrogens with zero attached hydrogens (tertiary/aromatic N) is 5. The number of amides is 2. The molecule has 0 unspecified atom stereocenters. The predicted molar refractivity (Wildman–Crippen MR) is 147 cm³/mol. The number of hydrogen-bond acceptors (Lipinski definition) is 9. The molecule has 11 nitrogen and oxygen atoms in total. The molecule has 2 saturated heterocycles. The number of ether oxygens (including phenoxy) is 1. The third-order valence-corrected chi connectivity index (χ3v) is 7.41. The summed E-state index contributed by atoms with van der Waals surface area (Å²) in [7, 11) is 0. The van der Waals surface area contributed by atoms with Crippen LogP contribution in [0.3, 0.4) is 0 Å². The van der Waals surface area contributed by atoms with Gasteiger partial charge in [0.25, 0.3) is 5.91 Å². The number of para-hydroxylation sites is 1. The number of hydrogen-bond donors (Lipinski definition) is 2. The normalized spacial score (nSPS) is 17.1. The van der Waals surface area contributed by atoms with Crippen molar-refractivity contribution in [2.45, 2.75) is 44.8 Å². The molecule has 40 heavy (non-hydrogen) atoms. The first-order chi connectivity index (χ1) is 19.3. The maximum absolute atomic E-state index is 13.4. The maximum atomic E-state index is 13.4. The van der Waals surface area contributed by atoms with E-state index >= 15 is 0 Å². The topological polar surface area (TPSA) is 149 Å². The van der Waals surface area contributed by atoms with Crippen LogP contribution in [0.5, 0.6) is 0 Å². The Labute approximate surface area is 231 Å². The molecule has 0 aliphatic carbocycles. The number of cyclic esters (lactones) is 1. The number of carbonyl (C=O) groups is 3. The third kappa shape index (κ3) is 5.72. The number of aliphatic hydroxyl groups is 1. The third-order valence-electron chi connectivity index (χ3n) is 7.41. The van der Waals surface area contributed by atoms with Crippen LogP contribution in [-0.2, 0) is 11.3 Å². The molecule has 2 aromatic heterocycles. The van der Waals surface area contributed by atoms with E-state index in [2.05, 4.69) is 21.4 Å². The monoisotopic (exact) mass is 542 g/mol. The zero-order valence-corrected chi connectivity index (χ0v) is 22.2. The summed E-state index contributed by atoms with van der Waals surface area (Å²) in [5.74, 6) is -0.205. The minimum atomic E-state index is -0.745. The average Bonchev–Trinajstić information content (AvgIpc) is 3.15. The predicted octanol–water partition coefficient (Wildman–Crippen LogP) is 3.65. The largest absolute Gasteiger partial charge is 0.449 e. The number of aromatic nitrogens is 2. The van der Waals surface area contributed by atoms with Gasteiger partial charge in [-0.1, -0.05) is 12.1 Å². The van der Waals surface area contributed by atoms with Crippen molar-refractivity contribution >= 4 is 40.7 Å². The first kappa shape index (κ1) is 27.0. The molecule has 11 heteroatoms. The molecule has 0 spiro atoms. The Morgan fingerprint density at radius 2 is 2.05 bits per heavy atom. The van der Waals surface area contributed by atoms with Gasteiger partial charge in [-0.15, -0.1) is 0 Å². The molecule has 4 heterocycles. The summed E-state index contributed by atoms with van der Waals surface area (Å²) in [5.41, 5.74) is 1.58. The summed E-state index contributed by atoms with van der Waals surface area (Å²) in [6.07, 6.45) is 4.32. The lowest BCUT2D eigenvalue weighted by Gasteiger charge is -2.37. The number of aldehydes is 1. The Hall–Kier alpha value is -4.56. The van der Waals surface area contributed by atoms with E-state index in [0.717, 1.165) is 12.8 Å². The van der Waals surface area contributed by atoms with Crippen molar-refractivity contribution in [3.8, 4) is 6.07 Å². The second-order valence-electron chi connectivity index (χ2n) is 10.4. The molecular formula is C29H30N6O5. The van der Waals surface area contributed by atoms with E-state index in [0.29, 0.717) is 73.1 Å². The number of benzene rings is 1. The number of fused-ring (bicyclic) bond motifs is 1. The number of nitrogens with one attached hydrogen (secondary N) is 1. The lowest BCUT2D eigenvalue weighted by atomic mass is 9.93. The van der Waals surface area contributed by atoms with Gasteiger partial charge in [0, 0.05) is 42.8 Å². The molecule has 2 aliphatic rings. The zero-order valence-electron chi connectivity index (χ0n) is 22.2. The summed E-state index contributed by atoms with van der Waals surface area (Å²) in [6.45, 7) is 4.01.